The largest absolute Gasteiger partial charge is 0.352 e. The van der Waals surface area contributed by atoms with Crippen LogP contribution < -0.4 is 21.3 Å². The standard InChI is InChI=1S/C24H30N4O4/c1-17(29)15-18-5-9-20(10-6-18)27-22(30)16-23(31)28-21-11-7-19(8-12-21)24(32)26-14-4-3-13-25-2/h5-12,25H,3-4,13-16H2,1-2H3,(H,26,32)(H,27,30)(H,28,31). The summed E-state index contributed by atoms with van der Waals surface area (Å²) in [5.41, 5.74) is 2.42. The van der Waals surface area contributed by atoms with E-state index in [9.17, 15) is 19.2 Å². The Labute approximate surface area is 188 Å². The van der Waals surface area contributed by atoms with Gasteiger partial charge < -0.3 is 21.3 Å². The minimum Gasteiger partial charge on any atom is -0.352 e. The smallest absolute Gasteiger partial charge is 0.251 e. The van der Waals surface area contributed by atoms with Crippen molar-refractivity contribution in [2.75, 3.05) is 30.8 Å². The summed E-state index contributed by atoms with van der Waals surface area (Å²) in [7, 11) is 1.89. The van der Waals surface area contributed by atoms with Gasteiger partial charge in [0.15, 0.2) is 0 Å². The molecule has 0 aliphatic heterocycles. The summed E-state index contributed by atoms with van der Waals surface area (Å²) in [4.78, 5) is 47.5. The zero-order valence-electron chi connectivity index (χ0n) is 18.5. The van der Waals surface area contributed by atoms with Crippen LogP contribution in [0.2, 0.25) is 0 Å². The fourth-order valence-electron chi connectivity index (χ4n) is 2.99. The molecule has 0 fully saturated rings. The molecule has 0 atom stereocenters. The molecule has 0 heterocycles. The van der Waals surface area contributed by atoms with Crippen molar-refractivity contribution < 1.29 is 19.2 Å². The molecule has 2 aromatic carbocycles. The monoisotopic (exact) mass is 438 g/mol. The lowest BCUT2D eigenvalue weighted by atomic mass is 10.1. The molecule has 0 saturated heterocycles. The van der Waals surface area contributed by atoms with E-state index in [1.54, 1.807) is 48.5 Å². The van der Waals surface area contributed by atoms with Crippen LogP contribution in [0.5, 0.6) is 0 Å². The van der Waals surface area contributed by atoms with Crippen LogP contribution in [-0.4, -0.2) is 43.6 Å². The number of ketones is 1. The van der Waals surface area contributed by atoms with Crippen molar-refractivity contribution in [3.63, 3.8) is 0 Å². The number of carbonyl (C=O) groups is 4. The van der Waals surface area contributed by atoms with Gasteiger partial charge in [-0.15, -0.1) is 0 Å². The molecule has 4 N–H and O–H groups in total. The Morgan fingerprint density at radius 1 is 0.750 bits per heavy atom. The van der Waals surface area contributed by atoms with Gasteiger partial charge in [-0.05, 0) is 75.3 Å². The quantitative estimate of drug-likeness (QED) is 0.300. The second-order valence-corrected chi connectivity index (χ2v) is 7.49. The SMILES string of the molecule is CNCCCCNC(=O)c1ccc(NC(=O)CC(=O)Nc2ccc(CC(C)=O)cc2)cc1. The van der Waals surface area contributed by atoms with Gasteiger partial charge in [0.25, 0.3) is 5.91 Å². The third-order valence-corrected chi connectivity index (χ3v) is 4.58. The first-order chi connectivity index (χ1) is 15.4. The highest BCUT2D eigenvalue weighted by molar-refractivity contribution is 6.08. The molecule has 0 aromatic heterocycles. The van der Waals surface area contributed by atoms with Gasteiger partial charge in [0, 0.05) is 29.9 Å². The lowest BCUT2D eigenvalue weighted by molar-refractivity contribution is -0.123. The van der Waals surface area contributed by atoms with Gasteiger partial charge in [-0.25, -0.2) is 0 Å². The fraction of sp³-hybridized carbons (Fsp3) is 0.333. The molecule has 0 saturated carbocycles. The van der Waals surface area contributed by atoms with Crippen molar-refractivity contribution in [2.24, 2.45) is 0 Å². The summed E-state index contributed by atoms with van der Waals surface area (Å²) in [6.45, 7) is 3.04. The molecule has 0 unspecified atom stereocenters. The van der Waals surface area contributed by atoms with Crippen LogP contribution in [0.3, 0.4) is 0 Å². The van der Waals surface area contributed by atoms with E-state index in [2.05, 4.69) is 21.3 Å². The topological polar surface area (TPSA) is 116 Å². The Balaban J connectivity index is 1.76. The zero-order valence-corrected chi connectivity index (χ0v) is 18.5. The zero-order chi connectivity index (χ0) is 23.3. The number of carbonyl (C=O) groups excluding carboxylic acids is 4. The van der Waals surface area contributed by atoms with Crippen LogP contribution in [0.1, 0.15) is 42.1 Å². The van der Waals surface area contributed by atoms with Gasteiger partial charge in [0.05, 0.1) is 0 Å². The van der Waals surface area contributed by atoms with E-state index in [0.29, 0.717) is 29.9 Å². The summed E-state index contributed by atoms with van der Waals surface area (Å²) >= 11 is 0. The molecule has 2 rings (SSSR count). The number of hydrogen-bond donors (Lipinski definition) is 4. The predicted molar refractivity (Wildman–Crippen MR) is 125 cm³/mol. The number of Topliss-reactive ketones (excluding diaryl/α,β-unsaturated/α-hetero) is 1. The van der Waals surface area contributed by atoms with Gasteiger partial charge in [-0.2, -0.15) is 0 Å². The van der Waals surface area contributed by atoms with Gasteiger partial charge in [-0.1, -0.05) is 12.1 Å². The molecule has 170 valence electrons. The maximum absolute atomic E-state index is 12.1. The van der Waals surface area contributed by atoms with E-state index >= 15 is 0 Å². The Bertz CT molecular complexity index is 924. The molecule has 0 spiro atoms. The van der Waals surface area contributed by atoms with Crippen molar-refractivity contribution in [2.45, 2.75) is 32.6 Å². The minimum atomic E-state index is -0.461. The third kappa shape index (κ3) is 9.09. The number of amides is 3. The van der Waals surface area contributed by atoms with Crippen molar-refractivity contribution in [1.82, 2.24) is 10.6 Å². The second-order valence-electron chi connectivity index (χ2n) is 7.49. The average molecular weight is 439 g/mol. The summed E-state index contributed by atoms with van der Waals surface area (Å²) in [5, 5.41) is 11.2. The van der Waals surface area contributed by atoms with E-state index in [1.807, 2.05) is 7.05 Å². The van der Waals surface area contributed by atoms with Gasteiger partial charge in [0.2, 0.25) is 11.8 Å². The fourth-order valence-corrected chi connectivity index (χ4v) is 2.99. The molecule has 2 aromatic rings. The van der Waals surface area contributed by atoms with E-state index in [1.165, 1.54) is 6.92 Å². The molecule has 0 radical (unpaired) electrons. The Kier molecular flexibility index (Phi) is 10.1. The Hall–Kier alpha value is -3.52. The van der Waals surface area contributed by atoms with Crippen molar-refractivity contribution in [1.29, 1.82) is 0 Å². The van der Waals surface area contributed by atoms with Crippen LogP contribution >= 0.6 is 0 Å². The summed E-state index contributed by atoms with van der Waals surface area (Å²) in [5.74, 6) is -1.01. The molecule has 0 aliphatic carbocycles. The molecule has 8 heteroatoms. The lowest BCUT2D eigenvalue weighted by Gasteiger charge is -2.09. The Morgan fingerprint density at radius 2 is 1.28 bits per heavy atom. The number of unbranched alkanes of at least 4 members (excludes halogenated alkanes) is 1. The molecular weight excluding hydrogens is 408 g/mol. The van der Waals surface area contributed by atoms with Crippen LogP contribution in [0.15, 0.2) is 48.5 Å². The maximum atomic E-state index is 12.1. The molecule has 0 aliphatic rings. The third-order valence-electron chi connectivity index (χ3n) is 4.58. The first kappa shape index (κ1) is 24.7. The average Bonchev–Trinajstić information content (AvgIpc) is 2.75. The first-order valence-corrected chi connectivity index (χ1v) is 10.6. The van der Waals surface area contributed by atoms with Crippen LogP contribution in [0.4, 0.5) is 11.4 Å². The van der Waals surface area contributed by atoms with E-state index in [0.717, 1.165) is 24.9 Å². The maximum Gasteiger partial charge on any atom is 0.251 e. The van der Waals surface area contributed by atoms with E-state index in [-0.39, 0.29) is 18.1 Å². The van der Waals surface area contributed by atoms with E-state index in [4.69, 9.17) is 0 Å². The number of hydrogen-bond acceptors (Lipinski definition) is 5. The van der Waals surface area contributed by atoms with Gasteiger partial charge in [0.1, 0.15) is 12.2 Å². The number of anilines is 2. The molecule has 8 nitrogen and oxygen atoms in total. The van der Waals surface area contributed by atoms with Crippen molar-refractivity contribution in [3.8, 4) is 0 Å². The molecule has 0 bridgehead atoms. The van der Waals surface area contributed by atoms with E-state index < -0.39 is 11.8 Å². The van der Waals surface area contributed by atoms with Gasteiger partial charge in [-0.3, -0.25) is 19.2 Å². The molecular formula is C24H30N4O4. The Morgan fingerprint density at radius 3 is 1.81 bits per heavy atom. The molecule has 32 heavy (non-hydrogen) atoms. The summed E-state index contributed by atoms with van der Waals surface area (Å²) in [6, 6.07) is 13.4. The number of nitrogens with one attached hydrogen (secondary N) is 4. The summed E-state index contributed by atoms with van der Waals surface area (Å²) < 4.78 is 0. The number of benzene rings is 2. The number of rotatable bonds is 12. The minimum absolute atomic E-state index is 0.0623. The second kappa shape index (κ2) is 13.0. The van der Waals surface area contributed by atoms with Crippen LogP contribution in [0, 0.1) is 0 Å². The predicted octanol–water partition coefficient (Wildman–Crippen LogP) is 2.51. The first-order valence-electron chi connectivity index (χ1n) is 10.6. The van der Waals surface area contributed by atoms with Crippen molar-refractivity contribution >= 4 is 34.9 Å². The highest BCUT2D eigenvalue weighted by Crippen LogP contribution is 2.12. The van der Waals surface area contributed by atoms with Crippen LogP contribution in [0.25, 0.3) is 0 Å². The highest BCUT2D eigenvalue weighted by atomic mass is 16.2. The normalized spacial score (nSPS) is 10.3. The summed E-state index contributed by atoms with van der Waals surface area (Å²) in [6.07, 6.45) is 1.88. The lowest BCUT2D eigenvalue weighted by Crippen LogP contribution is -2.25. The van der Waals surface area contributed by atoms with Crippen molar-refractivity contribution in [3.05, 3.63) is 59.7 Å². The van der Waals surface area contributed by atoms with Crippen LogP contribution in [-0.2, 0) is 20.8 Å². The highest BCUT2D eigenvalue weighted by Gasteiger charge is 2.11. The van der Waals surface area contributed by atoms with Gasteiger partial charge >= 0.3 is 0 Å². The molecule has 3 amide bonds.